The second-order valence-corrected chi connectivity index (χ2v) is 8.31. The van der Waals surface area contributed by atoms with Gasteiger partial charge in [-0.3, -0.25) is 4.21 Å². The number of hydrogen-bond acceptors (Lipinski definition) is 3. The highest BCUT2D eigenvalue weighted by molar-refractivity contribution is 7.84. The second kappa shape index (κ2) is 9.50. The molecule has 1 saturated carbocycles. The van der Waals surface area contributed by atoms with Crippen LogP contribution in [-0.2, 0) is 10.8 Å². The largest absolute Gasteiger partial charge is 0.337 e. The first-order valence-corrected chi connectivity index (χ1v) is 10.4. The summed E-state index contributed by atoms with van der Waals surface area (Å²) in [6.45, 7) is 3.93. The molecule has 2 rings (SSSR count). The van der Waals surface area contributed by atoms with Gasteiger partial charge in [0.1, 0.15) is 0 Å². The number of rotatable bonds is 6. The molecule has 0 radical (unpaired) electrons. The van der Waals surface area contributed by atoms with Gasteiger partial charge in [0.05, 0.1) is 0 Å². The first-order chi connectivity index (χ1) is 10.6. The summed E-state index contributed by atoms with van der Waals surface area (Å²) in [5.74, 6) is 1.42. The van der Waals surface area contributed by atoms with Crippen LogP contribution in [0.5, 0.6) is 0 Å². The van der Waals surface area contributed by atoms with Crippen molar-refractivity contribution in [3.05, 3.63) is 0 Å². The highest BCUT2D eigenvalue weighted by Gasteiger charge is 2.23. The van der Waals surface area contributed by atoms with Crippen LogP contribution in [0.25, 0.3) is 0 Å². The fraction of sp³-hybridized carbons (Fsp3) is 0.938. The minimum atomic E-state index is -0.847. The van der Waals surface area contributed by atoms with Crippen LogP contribution in [0, 0.1) is 5.92 Å². The summed E-state index contributed by atoms with van der Waals surface area (Å²) >= 11 is 0. The molecule has 0 unspecified atom stereocenters. The van der Waals surface area contributed by atoms with Gasteiger partial charge in [-0.15, -0.1) is 0 Å². The molecule has 0 aromatic rings. The summed E-state index contributed by atoms with van der Waals surface area (Å²) in [6, 6.07) is 0.172. The van der Waals surface area contributed by atoms with Crippen molar-refractivity contribution in [2.45, 2.75) is 51.0 Å². The number of hydrogen-bond donors (Lipinski definition) is 2. The van der Waals surface area contributed by atoms with E-state index in [0.717, 1.165) is 31.8 Å². The monoisotopic (exact) mass is 329 g/mol. The maximum absolute atomic E-state index is 11.8. The molecule has 128 valence electrons. The first kappa shape index (κ1) is 17.7. The quantitative estimate of drug-likeness (QED) is 0.780. The lowest BCUT2D eigenvalue weighted by molar-refractivity contribution is 0.156. The van der Waals surface area contributed by atoms with Crippen LogP contribution in [0.4, 0.5) is 4.79 Å². The number of likely N-dealkylation sites (tertiary alicyclic amines) is 1. The van der Waals surface area contributed by atoms with Crippen molar-refractivity contribution in [1.82, 2.24) is 15.5 Å². The van der Waals surface area contributed by atoms with Gasteiger partial charge in [-0.1, -0.05) is 19.3 Å². The van der Waals surface area contributed by atoms with E-state index >= 15 is 0 Å². The average molecular weight is 330 g/mol. The number of piperidine rings is 1. The van der Waals surface area contributed by atoms with E-state index < -0.39 is 10.8 Å². The van der Waals surface area contributed by atoms with Gasteiger partial charge in [-0.05, 0) is 31.6 Å². The summed E-state index contributed by atoms with van der Waals surface area (Å²) in [6.07, 6.45) is 10.8. The molecule has 1 saturated heterocycles. The van der Waals surface area contributed by atoms with E-state index in [1.54, 1.807) is 6.26 Å². The third-order valence-corrected chi connectivity index (χ3v) is 5.62. The van der Waals surface area contributed by atoms with E-state index in [1.165, 1.54) is 38.6 Å². The molecule has 5 nitrogen and oxygen atoms in total. The van der Waals surface area contributed by atoms with Crippen LogP contribution in [-0.4, -0.2) is 59.4 Å². The van der Waals surface area contributed by atoms with Crippen LogP contribution < -0.4 is 10.6 Å². The smallest absolute Gasteiger partial charge is 0.315 e. The Morgan fingerprint density at radius 1 is 1.14 bits per heavy atom. The van der Waals surface area contributed by atoms with Gasteiger partial charge in [0.25, 0.3) is 0 Å². The highest BCUT2D eigenvalue weighted by Crippen LogP contribution is 2.25. The number of nitrogens with one attached hydrogen (secondary N) is 2. The van der Waals surface area contributed by atoms with E-state index in [0.29, 0.717) is 12.3 Å². The molecule has 2 amide bonds. The maximum Gasteiger partial charge on any atom is 0.315 e. The highest BCUT2D eigenvalue weighted by atomic mass is 32.2. The molecule has 0 aromatic heterocycles. The molecular formula is C16H31N3O2S. The van der Waals surface area contributed by atoms with Crippen molar-refractivity contribution in [1.29, 1.82) is 0 Å². The molecule has 0 spiro atoms. The van der Waals surface area contributed by atoms with Crippen LogP contribution in [0.1, 0.15) is 44.9 Å². The molecule has 0 bridgehead atoms. The number of amides is 2. The zero-order valence-electron chi connectivity index (χ0n) is 13.8. The molecule has 1 aliphatic heterocycles. The predicted octanol–water partition coefficient (Wildman–Crippen LogP) is 1.71. The lowest BCUT2D eigenvalue weighted by Crippen LogP contribution is -2.49. The van der Waals surface area contributed by atoms with E-state index in [2.05, 4.69) is 15.5 Å². The Morgan fingerprint density at radius 2 is 1.82 bits per heavy atom. The van der Waals surface area contributed by atoms with Crippen LogP contribution >= 0.6 is 0 Å². The normalized spacial score (nSPS) is 23.1. The van der Waals surface area contributed by atoms with Gasteiger partial charge in [-0.25, -0.2) is 4.79 Å². The molecule has 1 atom stereocenters. The van der Waals surface area contributed by atoms with Crippen LogP contribution in [0.2, 0.25) is 0 Å². The van der Waals surface area contributed by atoms with Gasteiger partial charge in [-0.2, -0.15) is 0 Å². The standard InChI is InChI=1S/C16H31N3O2S/c1-22(21)12-9-17-16(20)18-15-7-10-19(11-8-15)13-14-5-3-2-4-6-14/h14-15H,2-13H2,1H3,(H2,17,18,20)/t22-/m1/s1. The van der Waals surface area contributed by atoms with Gasteiger partial charge in [0.15, 0.2) is 0 Å². The van der Waals surface area contributed by atoms with E-state index in [-0.39, 0.29) is 12.1 Å². The Kier molecular flexibility index (Phi) is 7.66. The first-order valence-electron chi connectivity index (χ1n) is 8.70. The van der Waals surface area contributed by atoms with Gasteiger partial charge >= 0.3 is 6.03 Å². The molecular weight excluding hydrogens is 298 g/mol. The van der Waals surface area contributed by atoms with E-state index in [9.17, 15) is 9.00 Å². The maximum atomic E-state index is 11.8. The van der Waals surface area contributed by atoms with Crippen LogP contribution in [0.15, 0.2) is 0 Å². The second-order valence-electron chi connectivity index (χ2n) is 6.76. The fourth-order valence-electron chi connectivity index (χ4n) is 3.54. The van der Waals surface area contributed by atoms with Gasteiger partial charge < -0.3 is 15.5 Å². The lowest BCUT2D eigenvalue weighted by atomic mass is 9.88. The molecule has 1 heterocycles. The molecule has 6 heteroatoms. The SMILES string of the molecule is C[S@@](=O)CCNC(=O)NC1CCN(CC2CCCCC2)CC1. The van der Waals surface area contributed by atoms with E-state index in [1.807, 2.05) is 0 Å². The Hall–Kier alpha value is -0.620. The zero-order chi connectivity index (χ0) is 15.8. The van der Waals surface area contributed by atoms with E-state index in [4.69, 9.17) is 0 Å². The number of urea groups is 1. The van der Waals surface area contributed by atoms with Crippen molar-refractivity contribution >= 4 is 16.8 Å². The minimum Gasteiger partial charge on any atom is -0.337 e. The Bertz CT molecular complexity index is 364. The summed E-state index contributed by atoms with van der Waals surface area (Å²) in [7, 11) is -0.847. The summed E-state index contributed by atoms with van der Waals surface area (Å²) < 4.78 is 10.9. The van der Waals surface area contributed by atoms with Gasteiger partial charge in [0, 0.05) is 55.0 Å². The van der Waals surface area contributed by atoms with Crippen molar-refractivity contribution in [3.63, 3.8) is 0 Å². The Labute approximate surface area is 137 Å². The van der Waals surface area contributed by atoms with Crippen molar-refractivity contribution in [2.24, 2.45) is 5.92 Å². The number of carbonyl (C=O) groups is 1. The van der Waals surface area contributed by atoms with Crippen LogP contribution in [0.3, 0.4) is 0 Å². The molecule has 0 aromatic carbocycles. The molecule has 2 fully saturated rings. The predicted molar refractivity (Wildman–Crippen MR) is 91.5 cm³/mol. The van der Waals surface area contributed by atoms with Crippen molar-refractivity contribution in [2.75, 3.05) is 38.2 Å². The lowest BCUT2D eigenvalue weighted by Gasteiger charge is -2.35. The zero-order valence-corrected chi connectivity index (χ0v) is 14.6. The average Bonchev–Trinajstić information content (AvgIpc) is 2.50. The number of nitrogens with zero attached hydrogens (tertiary/aromatic N) is 1. The molecule has 2 aliphatic rings. The summed E-state index contributed by atoms with van der Waals surface area (Å²) in [5, 5.41) is 5.82. The third-order valence-electron chi connectivity index (χ3n) is 4.84. The third kappa shape index (κ3) is 6.65. The molecule has 1 aliphatic carbocycles. The Balaban J connectivity index is 1.58. The van der Waals surface area contributed by atoms with Crippen molar-refractivity contribution in [3.8, 4) is 0 Å². The summed E-state index contributed by atoms with van der Waals surface area (Å²) in [5.41, 5.74) is 0. The van der Waals surface area contributed by atoms with Crippen molar-refractivity contribution < 1.29 is 9.00 Å². The van der Waals surface area contributed by atoms with Gasteiger partial charge in [0.2, 0.25) is 0 Å². The minimum absolute atomic E-state index is 0.115. The topological polar surface area (TPSA) is 61.4 Å². The Morgan fingerprint density at radius 3 is 2.45 bits per heavy atom. The summed E-state index contributed by atoms with van der Waals surface area (Å²) in [4.78, 5) is 14.3. The fourth-order valence-corrected chi connectivity index (χ4v) is 3.93. The number of carbonyl (C=O) groups excluding carboxylic acids is 1. The molecule has 22 heavy (non-hydrogen) atoms. The molecule has 2 N–H and O–H groups in total.